The van der Waals surface area contributed by atoms with Gasteiger partial charge in [0, 0.05) is 18.6 Å². The van der Waals surface area contributed by atoms with Crippen molar-refractivity contribution in [3.8, 4) is 0 Å². The molecule has 112 valence electrons. The summed E-state index contributed by atoms with van der Waals surface area (Å²) >= 11 is 12.2. The van der Waals surface area contributed by atoms with Crippen molar-refractivity contribution in [1.29, 1.82) is 0 Å². The maximum Gasteiger partial charge on any atom is 0.231 e. The van der Waals surface area contributed by atoms with E-state index in [0.717, 1.165) is 5.56 Å². The quantitative estimate of drug-likeness (QED) is 0.905. The summed E-state index contributed by atoms with van der Waals surface area (Å²) in [5.41, 5.74) is 1.00. The molecule has 2 aromatic rings. The van der Waals surface area contributed by atoms with Crippen LogP contribution in [0.5, 0.6) is 0 Å². The van der Waals surface area contributed by atoms with Crippen LogP contribution in [-0.2, 0) is 0 Å². The van der Waals surface area contributed by atoms with E-state index in [1.54, 1.807) is 0 Å². The van der Waals surface area contributed by atoms with Crippen LogP contribution in [0, 0.1) is 0 Å². The van der Waals surface area contributed by atoms with Crippen molar-refractivity contribution in [3.05, 3.63) is 40.1 Å². The number of halogens is 2. The predicted molar refractivity (Wildman–Crippen MR) is 87.3 cm³/mol. The van der Waals surface area contributed by atoms with Crippen molar-refractivity contribution >= 4 is 35.1 Å². The average molecular weight is 326 g/mol. The standard InChI is InChI=1S/C14H17Cl2N5/c1-4-17-13-18-12(16)19-14(20-13)21(3)9(2)10-7-5-6-8-11(10)15/h5-9H,4H2,1-3H3,(H,17,18,19,20). The second kappa shape index (κ2) is 6.91. The Morgan fingerprint density at radius 2 is 1.90 bits per heavy atom. The molecule has 0 aliphatic heterocycles. The lowest BCUT2D eigenvalue weighted by Gasteiger charge is -2.26. The second-order valence-electron chi connectivity index (χ2n) is 4.57. The minimum Gasteiger partial charge on any atom is -0.354 e. The third kappa shape index (κ3) is 3.74. The van der Waals surface area contributed by atoms with Gasteiger partial charge in [-0.2, -0.15) is 15.0 Å². The zero-order valence-corrected chi connectivity index (χ0v) is 13.7. The Labute approximate surface area is 134 Å². The van der Waals surface area contributed by atoms with Gasteiger partial charge in [-0.25, -0.2) is 0 Å². The predicted octanol–water partition coefficient (Wildman–Crippen LogP) is 3.81. The number of nitrogens with one attached hydrogen (secondary N) is 1. The lowest BCUT2D eigenvalue weighted by molar-refractivity contribution is 0.712. The van der Waals surface area contributed by atoms with Gasteiger partial charge in [0.05, 0.1) is 6.04 Å². The fourth-order valence-corrected chi connectivity index (χ4v) is 2.38. The Bertz CT molecular complexity index is 620. The van der Waals surface area contributed by atoms with Crippen LogP contribution in [0.2, 0.25) is 10.3 Å². The molecule has 0 aliphatic rings. The van der Waals surface area contributed by atoms with Crippen LogP contribution in [0.4, 0.5) is 11.9 Å². The maximum atomic E-state index is 6.24. The summed E-state index contributed by atoms with van der Waals surface area (Å²) in [6, 6.07) is 7.72. The van der Waals surface area contributed by atoms with E-state index < -0.39 is 0 Å². The molecule has 0 saturated heterocycles. The number of hydrogen-bond acceptors (Lipinski definition) is 5. The topological polar surface area (TPSA) is 53.9 Å². The van der Waals surface area contributed by atoms with E-state index in [-0.39, 0.29) is 11.3 Å². The van der Waals surface area contributed by atoms with Crippen LogP contribution < -0.4 is 10.2 Å². The monoisotopic (exact) mass is 325 g/mol. The molecule has 1 atom stereocenters. The fraction of sp³-hybridized carbons (Fsp3) is 0.357. The summed E-state index contributed by atoms with van der Waals surface area (Å²) < 4.78 is 0. The summed E-state index contributed by atoms with van der Waals surface area (Å²) in [7, 11) is 1.90. The van der Waals surface area contributed by atoms with Crippen LogP contribution in [-0.4, -0.2) is 28.5 Å². The number of benzene rings is 1. The first kappa shape index (κ1) is 15.8. The van der Waals surface area contributed by atoms with E-state index in [0.29, 0.717) is 23.5 Å². The molecular weight excluding hydrogens is 309 g/mol. The number of anilines is 2. The average Bonchev–Trinajstić information content (AvgIpc) is 2.46. The van der Waals surface area contributed by atoms with Gasteiger partial charge in [-0.05, 0) is 37.1 Å². The Morgan fingerprint density at radius 3 is 2.57 bits per heavy atom. The SMILES string of the molecule is CCNc1nc(Cl)nc(N(C)C(C)c2ccccc2Cl)n1. The van der Waals surface area contributed by atoms with Crippen LogP contribution in [0.15, 0.2) is 24.3 Å². The van der Waals surface area contributed by atoms with E-state index >= 15 is 0 Å². The molecule has 0 saturated carbocycles. The summed E-state index contributed by atoms with van der Waals surface area (Å²) in [6.45, 7) is 4.71. The molecule has 1 aromatic carbocycles. The first-order chi connectivity index (χ1) is 10.0. The lowest BCUT2D eigenvalue weighted by Crippen LogP contribution is -2.24. The van der Waals surface area contributed by atoms with Crippen LogP contribution in [0.1, 0.15) is 25.5 Å². The lowest BCUT2D eigenvalue weighted by atomic mass is 10.1. The number of rotatable bonds is 5. The molecule has 2 rings (SSSR count). The highest BCUT2D eigenvalue weighted by atomic mass is 35.5. The largest absolute Gasteiger partial charge is 0.354 e. The highest BCUT2D eigenvalue weighted by Crippen LogP contribution is 2.28. The van der Waals surface area contributed by atoms with Crippen LogP contribution in [0.25, 0.3) is 0 Å². The molecule has 0 aliphatic carbocycles. The molecule has 21 heavy (non-hydrogen) atoms. The third-order valence-corrected chi connectivity index (χ3v) is 3.70. The summed E-state index contributed by atoms with van der Waals surface area (Å²) in [4.78, 5) is 14.5. The van der Waals surface area contributed by atoms with E-state index in [1.807, 2.05) is 50.1 Å². The highest BCUT2D eigenvalue weighted by molar-refractivity contribution is 6.31. The van der Waals surface area contributed by atoms with Gasteiger partial charge in [-0.1, -0.05) is 29.8 Å². The molecule has 1 unspecified atom stereocenters. The van der Waals surface area contributed by atoms with Gasteiger partial charge in [0.2, 0.25) is 17.2 Å². The zero-order chi connectivity index (χ0) is 15.4. The van der Waals surface area contributed by atoms with Gasteiger partial charge >= 0.3 is 0 Å². The first-order valence-corrected chi connectivity index (χ1v) is 7.41. The Hall–Kier alpha value is -1.59. The molecule has 0 fully saturated rings. The van der Waals surface area contributed by atoms with Crippen molar-refractivity contribution in [1.82, 2.24) is 15.0 Å². The fourth-order valence-electron chi connectivity index (χ4n) is 1.93. The molecule has 1 heterocycles. The van der Waals surface area contributed by atoms with Gasteiger partial charge in [-0.3, -0.25) is 0 Å². The first-order valence-electron chi connectivity index (χ1n) is 6.65. The van der Waals surface area contributed by atoms with Crippen LogP contribution >= 0.6 is 23.2 Å². The summed E-state index contributed by atoms with van der Waals surface area (Å²) in [6.07, 6.45) is 0. The minimum absolute atomic E-state index is 0.00615. The molecule has 1 aromatic heterocycles. The van der Waals surface area contributed by atoms with Gasteiger partial charge < -0.3 is 10.2 Å². The molecule has 0 amide bonds. The second-order valence-corrected chi connectivity index (χ2v) is 5.31. The molecule has 0 spiro atoms. The smallest absolute Gasteiger partial charge is 0.231 e. The summed E-state index contributed by atoms with van der Waals surface area (Å²) in [5, 5.41) is 3.91. The molecule has 1 N–H and O–H groups in total. The van der Waals surface area contributed by atoms with Crippen molar-refractivity contribution in [2.45, 2.75) is 19.9 Å². The van der Waals surface area contributed by atoms with E-state index in [9.17, 15) is 0 Å². The molecular formula is C14H17Cl2N5. The van der Waals surface area contributed by atoms with Crippen molar-refractivity contribution < 1.29 is 0 Å². The number of nitrogens with zero attached hydrogens (tertiary/aromatic N) is 4. The Kier molecular flexibility index (Phi) is 5.20. The zero-order valence-electron chi connectivity index (χ0n) is 12.1. The summed E-state index contributed by atoms with van der Waals surface area (Å²) in [5.74, 6) is 0.962. The van der Waals surface area contributed by atoms with Crippen molar-refractivity contribution in [2.75, 3.05) is 23.8 Å². The van der Waals surface area contributed by atoms with E-state index in [4.69, 9.17) is 23.2 Å². The van der Waals surface area contributed by atoms with E-state index in [1.165, 1.54) is 0 Å². The maximum absolute atomic E-state index is 6.24. The normalized spacial score (nSPS) is 12.0. The molecule has 7 heteroatoms. The molecule has 0 bridgehead atoms. The van der Waals surface area contributed by atoms with Crippen LogP contribution in [0.3, 0.4) is 0 Å². The van der Waals surface area contributed by atoms with E-state index in [2.05, 4.69) is 20.3 Å². The van der Waals surface area contributed by atoms with Crippen molar-refractivity contribution in [2.24, 2.45) is 0 Å². The molecule has 0 radical (unpaired) electrons. The van der Waals surface area contributed by atoms with Crippen molar-refractivity contribution in [3.63, 3.8) is 0 Å². The van der Waals surface area contributed by atoms with Gasteiger partial charge in [0.15, 0.2) is 0 Å². The Balaban J connectivity index is 2.31. The highest BCUT2D eigenvalue weighted by Gasteiger charge is 2.18. The third-order valence-electron chi connectivity index (χ3n) is 3.18. The van der Waals surface area contributed by atoms with Gasteiger partial charge in [0.1, 0.15) is 0 Å². The Morgan fingerprint density at radius 1 is 1.19 bits per heavy atom. The van der Waals surface area contributed by atoms with Gasteiger partial charge in [-0.15, -0.1) is 0 Å². The van der Waals surface area contributed by atoms with Gasteiger partial charge in [0.25, 0.3) is 0 Å². The molecule has 5 nitrogen and oxygen atoms in total. The number of hydrogen-bond donors (Lipinski definition) is 1. The number of aromatic nitrogens is 3. The minimum atomic E-state index is 0.00615.